The molecule has 2 heterocycles. The van der Waals surface area contributed by atoms with Crippen molar-refractivity contribution in [3.63, 3.8) is 0 Å². The highest BCUT2D eigenvalue weighted by Gasteiger charge is 2.30. The van der Waals surface area contributed by atoms with Crippen LogP contribution in [0.2, 0.25) is 0 Å². The van der Waals surface area contributed by atoms with Crippen LogP contribution in [0.25, 0.3) is 11.1 Å². The molecule has 3 aromatic rings. The number of carboxylic acids is 1. The average Bonchev–Trinajstić information content (AvgIpc) is 2.86. The summed E-state index contributed by atoms with van der Waals surface area (Å²) in [5.74, 6) is -0.405. The Kier molecular flexibility index (Phi) is 7.17. The van der Waals surface area contributed by atoms with Gasteiger partial charge in [0.2, 0.25) is 0 Å². The van der Waals surface area contributed by atoms with Crippen LogP contribution < -0.4 is 9.64 Å². The Morgan fingerprint density at radius 2 is 1.79 bits per heavy atom. The van der Waals surface area contributed by atoms with Crippen molar-refractivity contribution >= 4 is 11.7 Å². The van der Waals surface area contributed by atoms with Crippen molar-refractivity contribution in [3.05, 3.63) is 76.4 Å². The van der Waals surface area contributed by atoms with Gasteiger partial charge in [-0.1, -0.05) is 32.0 Å². The zero-order valence-electron chi connectivity index (χ0n) is 22.8. The van der Waals surface area contributed by atoms with E-state index in [1.807, 2.05) is 13.8 Å². The normalized spacial score (nSPS) is 18.7. The summed E-state index contributed by atoms with van der Waals surface area (Å²) in [6.07, 6.45) is 4.74. The summed E-state index contributed by atoms with van der Waals surface area (Å²) >= 11 is 0. The summed E-state index contributed by atoms with van der Waals surface area (Å²) in [5.41, 5.74) is 8.60. The van der Waals surface area contributed by atoms with Gasteiger partial charge >= 0.3 is 5.97 Å². The molecule has 0 amide bonds. The molecule has 1 unspecified atom stereocenters. The van der Waals surface area contributed by atoms with Crippen molar-refractivity contribution in [1.29, 1.82) is 0 Å². The van der Waals surface area contributed by atoms with E-state index in [0.717, 1.165) is 79.0 Å². The Labute approximate surface area is 224 Å². The summed E-state index contributed by atoms with van der Waals surface area (Å²) < 4.78 is 19.4. The number of aryl methyl sites for hydroxylation is 3. The molecule has 5 rings (SSSR count). The Hall–Kier alpha value is -3.41. The van der Waals surface area contributed by atoms with Crippen LogP contribution in [0.3, 0.4) is 0 Å². The van der Waals surface area contributed by atoms with Crippen molar-refractivity contribution in [1.82, 2.24) is 4.98 Å². The third-order valence-electron chi connectivity index (χ3n) is 8.21. The zero-order chi connectivity index (χ0) is 27.0. The van der Waals surface area contributed by atoms with Crippen LogP contribution in [-0.2, 0) is 24.1 Å². The predicted octanol–water partition coefficient (Wildman–Crippen LogP) is 6.69. The van der Waals surface area contributed by atoms with Crippen molar-refractivity contribution in [2.45, 2.75) is 72.3 Å². The van der Waals surface area contributed by atoms with Gasteiger partial charge in [0.25, 0.3) is 0 Å². The van der Waals surface area contributed by atoms with Crippen molar-refractivity contribution in [3.8, 4) is 16.9 Å². The third kappa shape index (κ3) is 5.54. The number of aliphatic carboxylic acids is 1. The number of rotatable bonds is 6. The van der Waals surface area contributed by atoms with Crippen molar-refractivity contribution < 1.29 is 19.0 Å². The Balaban J connectivity index is 1.49. The zero-order valence-corrected chi connectivity index (χ0v) is 22.8. The molecule has 0 radical (unpaired) electrons. The SMILES string of the molecule is Cc1nc(C)c(-c2ccc3c(c2)CCC(Oc2ccc(F)cc2)C3)c(N2CCC(C)(C)CC2)c1CC(=O)O. The van der Waals surface area contributed by atoms with Crippen LogP contribution >= 0.6 is 0 Å². The maximum atomic E-state index is 13.3. The number of benzene rings is 2. The number of hydrogen-bond donors (Lipinski definition) is 1. The first-order chi connectivity index (χ1) is 18.1. The molecule has 1 fully saturated rings. The van der Waals surface area contributed by atoms with Crippen LogP contribution in [0, 0.1) is 25.1 Å². The van der Waals surface area contributed by atoms with Gasteiger partial charge < -0.3 is 14.7 Å². The maximum Gasteiger partial charge on any atom is 0.307 e. The van der Waals surface area contributed by atoms with Gasteiger partial charge in [-0.05, 0) is 85.9 Å². The molecule has 0 bridgehead atoms. The molecule has 38 heavy (non-hydrogen) atoms. The standard InChI is InChI=1S/C32H37FN2O3/c1-20-28(19-29(36)37)31(35-15-13-32(3,4)14-16-35)30(21(2)34-20)24-6-5-23-18-27(10-7-22(23)17-24)38-26-11-8-25(33)9-12-26/h5-6,8-9,11-12,17,27H,7,10,13-16,18-19H2,1-4H3,(H,36,37). The fraction of sp³-hybridized carbons (Fsp3) is 0.438. The molecular weight excluding hydrogens is 479 g/mol. The number of piperidine rings is 1. The van der Waals surface area contributed by atoms with Gasteiger partial charge in [-0.15, -0.1) is 0 Å². The molecule has 1 saturated heterocycles. The molecule has 1 N–H and O–H groups in total. The number of hydrogen-bond acceptors (Lipinski definition) is 4. The van der Waals surface area contributed by atoms with Gasteiger partial charge in [-0.2, -0.15) is 0 Å². The lowest BCUT2D eigenvalue weighted by molar-refractivity contribution is -0.136. The lowest BCUT2D eigenvalue weighted by atomic mass is 9.81. The molecule has 1 aromatic heterocycles. The van der Waals surface area contributed by atoms with E-state index in [9.17, 15) is 14.3 Å². The number of carbonyl (C=O) groups is 1. The van der Waals surface area contributed by atoms with Gasteiger partial charge in [-0.25, -0.2) is 4.39 Å². The topological polar surface area (TPSA) is 62.7 Å². The van der Waals surface area contributed by atoms with Crippen LogP contribution in [-0.4, -0.2) is 35.3 Å². The molecule has 200 valence electrons. The fourth-order valence-corrected chi connectivity index (χ4v) is 5.94. The third-order valence-corrected chi connectivity index (χ3v) is 8.21. The highest BCUT2D eigenvalue weighted by Crippen LogP contribution is 2.42. The first-order valence-corrected chi connectivity index (χ1v) is 13.6. The Morgan fingerprint density at radius 3 is 2.47 bits per heavy atom. The number of pyridine rings is 1. The molecule has 2 aromatic carbocycles. The van der Waals surface area contributed by atoms with E-state index in [4.69, 9.17) is 9.72 Å². The number of anilines is 1. The van der Waals surface area contributed by atoms with E-state index in [-0.39, 0.29) is 18.3 Å². The molecule has 1 aliphatic heterocycles. The molecule has 5 nitrogen and oxygen atoms in total. The van der Waals surface area contributed by atoms with Crippen LogP contribution in [0.15, 0.2) is 42.5 Å². The van der Waals surface area contributed by atoms with Gasteiger partial charge in [0.1, 0.15) is 17.7 Å². The minimum absolute atomic E-state index is 0.0331. The van der Waals surface area contributed by atoms with E-state index in [1.165, 1.54) is 23.3 Å². The molecule has 0 spiro atoms. The first kappa shape index (κ1) is 26.2. The number of carboxylic acid groups (broad SMARTS) is 1. The van der Waals surface area contributed by atoms with E-state index in [2.05, 4.69) is 36.9 Å². The quantitative estimate of drug-likeness (QED) is 0.395. The van der Waals surface area contributed by atoms with Crippen molar-refractivity contribution in [2.24, 2.45) is 5.41 Å². The summed E-state index contributed by atoms with van der Waals surface area (Å²) in [7, 11) is 0. The number of aromatic nitrogens is 1. The summed E-state index contributed by atoms with van der Waals surface area (Å²) in [6, 6.07) is 12.8. The van der Waals surface area contributed by atoms with Crippen LogP contribution in [0.5, 0.6) is 5.75 Å². The monoisotopic (exact) mass is 516 g/mol. The Morgan fingerprint density at radius 1 is 1.08 bits per heavy atom. The number of halogens is 1. The maximum absolute atomic E-state index is 13.3. The molecular formula is C32H37FN2O3. The van der Waals surface area contributed by atoms with Crippen LogP contribution in [0.4, 0.5) is 10.1 Å². The minimum Gasteiger partial charge on any atom is -0.490 e. The molecule has 6 heteroatoms. The number of fused-ring (bicyclic) bond motifs is 1. The smallest absolute Gasteiger partial charge is 0.307 e. The van der Waals surface area contributed by atoms with Crippen molar-refractivity contribution in [2.75, 3.05) is 18.0 Å². The average molecular weight is 517 g/mol. The van der Waals surface area contributed by atoms with E-state index in [1.54, 1.807) is 12.1 Å². The summed E-state index contributed by atoms with van der Waals surface area (Å²) in [6.45, 7) is 10.4. The molecule has 0 saturated carbocycles. The fourth-order valence-electron chi connectivity index (χ4n) is 5.94. The second-order valence-corrected chi connectivity index (χ2v) is 11.6. The van der Waals surface area contributed by atoms with Gasteiger partial charge in [-0.3, -0.25) is 9.78 Å². The summed E-state index contributed by atoms with van der Waals surface area (Å²) in [5, 5.41) is 9.75. The lowest BCUT2D eigenvalue weighted by Gasteiger charge is -2.40. The molecule has 1 atom stereocenters. The second-order valence-electron chi connectivity index (χ2n) is 11.6. The van der Waals surface area contributed by atoms with E-state index in [0.29, 0.717) is 11.2 Å². The van der Waals surface area contributed by atoms with E-state index >= 15 is 0 Å². The van der Waals surface area contributed by atoms with Gasteiger partial charge in [0.15, 0.2) is 0 Å². The highest BCUT2D eigenvalue weighted by atomic mass is 19.1. The minimum atomic E-state index is -0.832. The predicted molar refractivity (Wildman–Crippen MR) is 149 cm³/mol. The van der Waals surface area contributed by atoms with E-state index < -0.39 is 5.97 Å². The number of ether oxygens (including phenoxy) is 1. The van der Waals surface area contributed by atoms with Crippen LogP contribution in [0.1, 0.15) is 61.2 Å². The highest BCUT2D eigenvalue weighted by molar-refractivity contribution is 5.86. The summed E-state index contributed by atoms with van der Waals surface area (Å²) in [4.78, 5) is 19.1. The Bertz CT molecular complexity index is 1340. The van der Waals surface area contributed by atoms with Gasteiger partial charge in [0, 0.05) is 42.0 Å². The van der Waals surface area contributed by atoms with Gasteiger partial charge in [0.05, 0.1) is 12.1 Å². The first-order valence-electron chi connectivity index (χ1n) is 13.6. The largest absolute Gasteiger partial charge is 0.490 e. The lowest BCUT2D eigenvalue weighted by Crippen LogP contribution is -2.38. The molecule has 2 aliphatic rings. The molecule has 1 aliphatic carbocycles. The second kappa shape index (κ2) is 10.4. The number of nitrogens with zero attached hydrogens (tertiary/aromatic N) is 2.